The first-order valence-corrected chi connectivity index (χ1v) is 11.4. The number of benzene rings is 2. The maximum absolute atomic E-state index is 13.0. The van der Waals surface area contributed by atoms with Crippen molar-refractivity contribution in [2.45, 2.75) is 23.3 Å². The van der Waals surface area contributed by atoms with Gasteiger partial charge in [0.15, 0.2) is 9.84 Å². The molecule has 0 bridgehead atoms. The van der Waals surface area contributed by atoms with E-state index in [9.17, 15) is 13.2 Å². The maximum Gasteiger partial charge on any atom is 0.252 e. The average Bonchev–Trinajstić information content (AvgIpc) is 2.62. The third kappa shape index (κ3) is 4.54. The molecule has 1 saturated heterocycles. The van der Waals surface area contributed by atoms with Crippen molar-refractivity contribution in [3.8, 4) is 0 Å². The van der Waals surface area contributed by atoms with Gasteiger partial charge in [0, 0.05) is 29.5 Å². The third-order valence-corrected chi connectivity index (χ3v) is 6.74. The molecule has 0 radical (unpaired) electrons. The van der Waals surface area contributed by atoms with Crippen molar-refractivity contribution in [1.29, 1.82) is 0 Å². The molecule has 27 heavy (non-hydrogen) atoms. The van der Waals surface area contributed by atoms with Crippen molar-refractivity contribution in [1.82, 2.24) is 5.32 Å². The van der Waals surface area contributed by atoms with Crippen LogP contribution in [0, 0.1) is 0 Å². The Kier molecular flexibility index (Phi) is 5.96. The van der Waals surface area contributed by atoms with Gasteiger partial charge in [-0.15, -0.1) is 0 Å². The van der Waals surface area contributed by atoms with Gasteiger partial charge in [-0.25, -0.2) is 8.42 Å². The van der Waals surface area contributed by atoms with Gasteiger partial charge in [0.05, 0.1) is 15.5 Å². The quantitative estimate of drug-likeness (QED) is 0.731. The molecule has 8 heteroatoms. The zero-order valence-corrected chi connectivity index (χ0v) is 17.8. The second kappa shape index (κ2) is 7.91. The van der Waals surface area contributed by atoms with Crippen molar-refractivity contribution in [2.75, 3.05) is 19.5 Å². The van der Waals surface area contributed by atoms with E-state index in [1.807, 2.05) is 24.3 Å². The second-order valence-electron chi connectivity index (χ2n) is 6.58. The summed E-state index contributed by atoms with van der Waals surface area (Å²) in [5.74, 6) is -0.349. The van der Waals surface area contributed by atoms with Crippen molar-refractivity contribution < 1.29 is 17.9 Å². The van der Waals surface area contributed by atoms with Crippen LogP contribution in [0.3, 0.4) is 0 Å². The van der Waals surface area contributed by atoms with Crippen molar-refractivity contribution in [2.24, 2.45) is 0 Å². The Bertz CT molecular complexity index is 971. The Hall–Kier alpha value is -1.41. The monoisotopic (exact) mass is 471 g/mol. The molecule has 144 valence electrons. The first-order valence-electron chi connectivity index (χ1n) is 8.37. The first-order chi connectivity index (χ1) is 12.7. The summed E-state index contributed by atoms with van der Waals surface area (Å²) in [4.78, 5) is 12.9. The van der Waals surface area contributed by atoms with Crippen LogP contribution in [0.5, 0.6) is 0 Å². The fraction of sp³-hybridized carbons (Fsp3) is 0.316. The number of hydrogen-bond acceptors (Lipinski definition) is 4. The molecule has 1 amide bonds. The van der Waals surface area contributed by atoms with Gasteiger partial charge < -0.3 is 10.1 Å². The van der Waals surface area contributed by atoms with Gasteiger partial charge in [-0.2, -0.15) is 0 Å². The number of rotatable bonds is 4. The summed E-state index contributed by atoms with van der Waals surface area (Å²) in [7, 11) is -3.53. The van der Waals surface area contributed by atoms with Gasteiger partial charge in [-0.3, -0.25) is 4.79 Å². The standard InChI is InChI=1S/C19H19BrClNO4S/c1-27(24,25)17-11-13(5-6-16(17)21)18(23)22-19(7-9-26-10-8-19)14-3-2-4-15(20)12-14/h2-6,11-12H,7-10H2,1H3,(H,22,23). The van der Waals surface area contributed by atoms with E-state index in [-0.39, 0.29) is 21.4 Å². The van der Waals surface area contributed by atoms with Crippen LogP contribution in [0.4, 0.5) is 0 Å². The molecule has 1 fully saturated rings. The summed E-state index contributed by atoms with van der Waals surface area (Å²) < 4.78 is 30.2. The van der Waals surface area contributed by atoms with E-state index in [0.717, 1.165) is 16.3 Å². The van der Waals surface area contributed by atoms with Crippen molar-refractivity contribution >= 4 is 43.3 Å². The Morgan fingerprint density at radius 2 is 1.89 bits per heavy atom. The third-order valence-electron chi connectivity index (χ3n) is 4.67. The summed E-state index contributed by atoms with van der Waals surface area (Å²) >= 11 is 9.46. The lowest BCUT2D eigenvalue weighted by Gasteiger charge is -2.38. The Labute approximate surface area is 172 Å². The molecule has 1 heterocycles. The summed E-state index contributed by atoms with van der Waals surface area (Å²) in [6.45, 7) is 1.06. The van der Waals surface area contributed by atoms with E-state index in [0.29, 0.717) is 26.1 Å². The lowest BCUT2D eigenvalue weighted by atomic mass is 9.82. The number of halogens is 2. The topological polar surface area (TPSA) is 72.5 Å². The largest absolute Gasteiger partial charge is 0.381 e. The number of hydrogen-bond donors (Lipinski definition) is 1. The molecule has 1 aliphatic heterocycles. The molecular weight excluding hydrogens is 454 g/mol. The molecule has 0 spiro atoms. The highest BCUT2D eigenvalue weighted by atomic mass is 79.9. The van der Waals surface area contributed by atoms with Gasteiger partial charge in [-0.05, 0) is 48.7 Å². The Balaban J connectivity index is 1.97. The molecule has 0 atom stereocenters. The van der Waals surface area contributed by atoms with Crippen LogP contribution in [0.2, 0.25) is 5.02 Å². The minimum atomic E-state index is -3.53. The molecule has 1 aliphatic rings. The highest BCUT2D eigenvalue weighted by Gasteiger charge is 2.36. The normalized spacial score (nSPS) is 16.7. The SMILES string of the molecule is CS(=O)(=O)c1cc(C(=O)NC2(c3cccc(Br)c3)CCOCC2)ccc1Cl. The zero-order valence-electron chi connectivity index (χ0n) is 14.7. The number of sulfone groups is 1. The van der Waals surface area contributed by atoms with Crippen LogP contribution in [0.25, 0.3) is 0 Å². The lowest BCUT2D eigenvalue weighted by Crippen LogP contribution is -2.49. The average molecular weight is 473 g/mol. The number of nitrogens with one attached hydrogen (secondary N) is 1. The molecule has 1 N–H and O–H groups in total. The molecule has 5 nitrogen and oxygen atoms in total. The second-order valence-corrected chi connectivity index (χ2v) is 9.88. The molecule has 0 aliphatic carbocycles. The summed E-state index contributed by atoms with van der Waals surface area (Å²) in [6, 6.07) is 12.1. The van der Waals surface area contributed by atoms with Crippen LogP contribution < -0.4 is 5.32 Å². The van der Waals surface area contributed by atoms with E-state index < -0.39 is 15.4 Å². The van der Waals surface area contributed by atoms with Gasteiger partial charge in [0.25, 0.3) is 5.91 Å². The molecule has 0 aromatic heterocycles. The lowest BCUT2D eigenvalue weighted by molar-refractivity contribution is 0.0345. The molecular formula is C19H19BrClNO4S. The highest BCUT2D eigenvalue weighted by molar-refractivity contribution is 9.10. The molecule has 2 aromatic rings. The summed E-state index contributed by atoms with van der Waals surface area (Å²) in [5.41, 5.74) is 0.649. The fourth-order valence-electron chi connectivity index (χ4n) is 3.21. The Morgan fingerprint density at radius 3 is 2.52 bits per heavy atom. The maximum atomic E-state index is 13.0. The van der Waals surface area contributed by atoms with E-state index in [1.54, 1.807) is 0 Å². The minimum Gasteiger partial charge on any atom is -0.381 e. The van der Waals surface area contributed by atoms with Gasteiger partial charge >= 0.3 is 0 Å². The van der Waals surface area contributed by atoms with Gasteiger partial charge in [0.1, 0.15) is 0 Å². The van der Waals surface area contributed by atoms with Gasteiger partial charge in [0.2, 0.25) is 0 Å². The smallest absolute Gasteiger partial charge is 0.252 e. The fourth-order valence-corrected chi connectivity index (χ4v) is 4.91. The summed E-state index contributed by atoms with van der Waals surface area (Å²) in [5, 5.41) is 3.21. The highest BCUT2D eigenvalue weighted by Crippen LogP contribution is 2.34. The van der Waals surface area contributed by atoms with Crippen molar-refractivity contribution in [3.05, 3.63) is 63.1 Å². The first kappa shape index (κ1) is 20.3. The van der Waals surface area contributed by atoms with Crippen LogP contribution in [0.15, 0.2) is 51.8 Å². The minimum absolute atomic E-state index is 0.0553. The Morgan fingerprint density at radius 1 is 1.19 bits per heavy atom. The van der Waals surface area contributed by atoms with Gasteiger partial charge in [-0.1, -0.05) is 39.7 Å². The molecule has 3 rings (SSSR count). The molecule has 0 saturated carbocycles. The molecule has 2 aromatic carbocycles. The zero-order chi connectivity index (χ0) is 19.7. The van der Waals surface area contributed by atoms with E-state index in [4.69, 9.17) is 16.3 Å². The number of carbonyl (C=O) groups is 1. The van der Waals surface area contributed by atoms with E-state index in [1.165, 1.54) is 18.2 Å². The van der Waals surface area contributed by atoms with E-state index >= 15 is 0 Å². The van der Waals surface area contributed by atoms with Crippen LogP contribution >= 0.6 is 27.5 Å². The summed E-state index contributed by atoms with van der Waals surface area (Å²) in [6.07, 6.45) is 2.32. The number of carbonyl (C=O) groups excluding carboxylic acids is 1. The number of ether oxygens (including phenoxy) is 1. The van der Waals surface area contributed by atoms with Crippen LogP contribution in [-0.4, -0.2) is 33.8 Å². The molecule has 0 unspecified atom stereocenters. The van der Waals surface area contributed by atoms with E-state index in [2.05, 4.69) is 21.2 Å². The number of amides is 1. The van der Waals surface area contributed by atoms with Crippen molar-refractivity contribution in [3.63, 3.8) is 0 Å². The predicted molar refractivity (Wildman–Crippen MR) is 108 cm³/mol. The van der Waals surface area contributed by atoms with Crippen LogP contribution in [0.1, 0.15) is 28.8 Å². The van der Waals surface area contributed by atoms with Crippen LogP contribution in [-0.2, 0) is 20.1 Å². The predicted octanol–water partition coefficient (Wildman–Crippen LogP) is 3.94.